The standard InChI is InChI=1S/C16H29NO4/c1-5-13(6-2)21-15-10-12(16(19)20-7-3)8-9-14(15)17-11(4)18/h12-15H,5-10H2,1-4H3,(H,17,18)/t12?,14-,15+/m1/s1. The van der Waals surface area contributed by atoms with Crippen LogP contribution in [-0.2, 0) is 19.1 Å². The first-order valence-electron chi connectivity index (χ1n) is 8.10. The molecule has 1 aliphatic rings. The molecule has 1 fully saturated rings. The molecule has 1 rings (SSSR count). The van der Waals surface area contributed by atoms with Crippen LogP contribution < -0.4 is 5.32 Å². The van der Waals surface area contributed by atoms with Crippen LogP contribution in [0.25, 0.3) is 0 Å². The summed E-state index contributed by atoms with van der Waals surface area (Å²) in [6, 6.07) is -0.00576. The lowest BCUT2D eigenvalue weighted by molar-refractivity contribution is -0.153. The predicted molar refractivity (Wildman–Crippen MR) is 80.8 cm³/mol. The van der Waals surface area contributed by atoms with Crippen molar-refractivity contribution < 1.29 is 19.1 Å². The molecule has 0 aromatic carbocycles. The maximum atomic E-state index is 11.9. The minimum absolute atomic E-state index is 0.00576. The highest BCUT2D eigenvalue weighted by atomic mass is 16.5. The van der Waals surface area contributed by atoms with E-state index in [0.717, 1.165) is 25.7 Å². The van der Waals surface area contributed by atoms with Gasteiger partial charge in [0.15, 0.2) is 0 Å². The molecule has 0 radical (unpaired) electrons. The zero-order valence-electron chi connectivity index (χ0n) is 13.7. The first kappa shape index (κ1) is 18.0. The van der Waals surface area contributed by atoms with E-state index < -0.39 is 0 Å². The summed E-state index contributed by atoms with van der Waals surface area (Å²) in [5.74, 6) is -0.307. The van der Waals surface area contributed by atoms with Crippen LogP contribution in [0.2, 0.25) is 0 Å². The van der Waals surface area contributed by atoms with Gasteiger partial charge in [-0.15, -0.1) is 0 Å². The van der Waals surface area contributed by atoms with Gasteiger partial charge in [-0.1, -0.05) is 13.8 Å². The van der Waals surface area contributed by atoms with Crippen molar-refractivity contribution in [2.75, 3.05) is 6.61 Å². The van der Waals surface area contributed by atoms with Gasteiger partial charge in [0.1, 0.15) is 0 Å². The van der Waals surface area contributed by atoms with Crippen molar-refractivity contribution in [1.29, 1.82) is 0 Å². The molecule has 0 aliphatic heterocycles. The third-order valence-electron chi connectivity index (χ3n) is 4.08. The SMILES string of the molecule is CCOC(=O)C1CC[C@@H](NC(C)=O)[C@@H](OC(CC)CC)C1. The summed E-state index contributed by atoms with van der Waals surface area (Å²) in [4.78, 5) is 23.3. The van der Waals surface area contributed by atoms with Crippen molar-refractivity contribution in [2.24, 2.45) is 5.92 Å². The minimum atomic E-state index is -0.142. The summed E-state index contributed by atoms with van der Waals surface area (Å²) in [6.45, 7) is 7.92. The molecular formula is C16H29NO4. The average Bonchev–Trinajstić information content (AvgIpc) is 2.45. The predicted octanol–water partition coefficient (Wildman–Crippen LogP) is 2.43. The zero-order valence-corrected chi connectivity index (χ0v) is 13.7. The van der Waals surface area contributed by atoms with E-state index in [1.54, 1.807) is 0 Å². The van der Waals surface area contributed by atoms with Crippen LogP contribution in [0, 0.1) is 5.92 Å². The zero-order chi connectivity index (χ0) is 15.8. The molecular weight excluding hydrogens is 270 g/mol. The van der Waals surface area contributed by atoms with Gasteiger partial charge < -0.3 is 14.8 Å². The van der Waals surface area contributed by atoms with Crippen LogP contribution in [0.5, 0.6) is 0 Å². The number of nitrogens with one attached hydrogen (secondary N) is 1. The molecule has 0 saturated heterocycles. The Bertz CT molecular complexity index is 341. The number of carbonyl (C=O) groups is 2. The van der Waals surface area contributed by atoms with E-state index >= 15 is 0 Å². The summed E-state index contributed by atoms with van der Waals surface area (Å²) in [5, 5.41) is 2.96. The van der Waals surface area contributed by atoms with Gasteiger partial charge in [-0.25, -0.2) is 0 Å². The fourth-order valence-corrected chi connectivity index (χ4v) is 2.91. The molecule has 0 aromatic rings. The fraction of sp³-hybridized carbons (Fsp3) is 0.875. The second kappa shape index (κ2) is 9.03. The number of amides is 1. The maximum absolute atomic E-state index is 11.9. The van der Waals surface area contributed by atoms with E-state index in [1.807, 2.05) is 6.92 Å². The van der Waals surface area contributed by atoms with Gasteiger partial charge in [0.05, 0.1) is 30.8 Å². The smallest absolute Gasteiger partial charge is 0.309 e. The van der Waals surface area contributed by atoms with Gasteiger partial charge in [0.2, 0.25) is 5.91 Å². The second-order valence-electron chi connectivity index (χ2n) is 5.68. The van der Waals surface area contributed by atoms with Crippen LogP contribution in [0.1, 0.15) is 59.8 Å². The van der Waals surface area contributed by atoms with Crippen molar-refractivity contribution in [1.82, 2.24) is 5.32 Å². The molecule has 3 atom stereocenters. The summed E-state index contributed by atoms with van der Waals surface area (Å²) >= 11 is 0. The maximum Gasteiger partial charge on any atom is 0.309 e. The largest absolute Gasteiger partial charge is 0.466 e. The number of esters is 1. The van der Waals surface area contributed by atoms with Crippen LogP contribution >= 0.6 is 0 Å². The third kappa shape index (κ3) is 5.65. The second-order valence-corrected chi connectivity index (χ2v) is 5.68. The molecule has 0 spiro atoms. The first-order valence-corrected chi connectivity index (χ1v) is 8.10. The number of carbonyl (C=O) groups excluding carboxylic acids is 2. The molecule has 0 heterocycles. The van der Waals surface area contributed by atoms with Crippen LogP contribution in [0.15, 0.2) is 0 Å². The van der Waals surface area contributed by atoms with E-state index in [-0.39, 0.29) is 36.0 Å². The molecule has 5 nitrogen and oxygen atoms in total. The Balaban J connectivity index is 2.70. The van der Waals surface area contributed by atoms with Crippen molar-refractivity contribution in [3.8, 4) is 0 Å². The van der Waals surface area contributed by atoms with Crippen molar-refractivity contribution in [3.63, 3.8) is 0 Å². The van der Waals surface area contributed by atoms with E-state index in [9.17, 15) is 9.59 Å². The number of hydrogen-bond donors (Lipinski definition) is 1. The highest BCUT2D eigenvalue weighted by molar-refractivity contribution is 5.74. The highest BCUT2D eigenvalue weighted by Gasteiger charge is 2.36. The summed E-state index contributed by atoms with van der Waals surface area (Å²) in [5.41, 5.74) is 0. The lowest BCUT2D eigenvalue weighted by Crippen LogP contribution is -2.49. The number of rotatable bonds is 7. The van der Waals surface area contributed by atoms with Crippen LogP contribution in [0.3, 0.4) is 0 Å². The molecule has 1 amide bonds. The lowest BCUT2D eigenvalue weighted by Gasteiger charge is -2.37. The van der Waals surface area contributed by atoms with Crippen LogP contribution in [0.4, 0.5) is 0 Å². The van der Waals surface area contributed by atoms with Gasteiger partial charge in [0.25, 0.3) is 0 Å². The summed E-state index contributed by atoms with van der Waals surface area (Å²) < 4.78 is 11.3. The summed E-state index contributed by atoms with van der Waals surface area (Å²) in [6.07, 6.45) is 4.06. The van der Waals surface area contributed by atoms with Crippen molar-refractivity contribution >= 4 is 11.9 Å². The number of hydrogen-bond acceptors (Lipinski definition) is 4. The lowest BCUT2D eigenvalue weighted by atomic mass is 9.83. The Morgan fingerprint density at radius 3 is 2.38 bits per heavy atom. The third-order valence-corrected chi connectivity index (χ3v) is 4.08. The van der Waals surface area contributed by atoms with Crippen LogP contribution in [-0.4, -0.2) is 36.7 Å². The van der Waals surface area contributed by atoms with Crippen molar-refractivity contribution in [3.05, 3.63) is 0 Å². The van der Waals surface area contributed by atoms with Crippen molar-refractivity contribution in [2.45, 2.75) is 78.0 Å². The molecule has 0 bridgehead atoms. The molecule has 122 valence electrons. The van der Waals surface area contributed by atoms with Gasteiger partial charge in [0, 0.05) is 6.92 Å². The Morgan fingerprint density at radius 1 is 1.19 bits per heavy atom. The molecule has 0 aromatic heterocycles. The van der Waals surface area contributed by atoms with E-state index in [0.29, 0.717) is 13.0 Å². The average molecular weight is 299 g/mol. The molecule has 1 aliphatic carbocycles. The summed E-state index contributed by atoms with van der Waals surface area (Å²) in [7, 11) is 0. The van der Waals surface area contributed by atoms with Gasteiger partial charge in [-0.3, -0.25) is 9.59 Å². The Morgan fingerprint density at radius 2 is 1.86 bits per heavy atom. The monoisotopic (exact) mass is 299 g/mol. The van der Waals surface area contributed by atoms with E-state index in [4.69, 9.17) is 9.47 Å². The molecule has 5 heteroatoms. The first-order chi connectivity index (χ1) is 10.0. The van der Waals surface area contributed by atoms with Gasteiger partial charge in [-0.2, -0.15) is 0 Å². The van der Waals surface area contributed by atoms with Gasteiger partial charge in [-0.05, 0) is 39.0 Å². The highest BCUT2D eigenvalue weighted by Crippen LogP contribution is 2.29. The Labute approximate surface area is 127 Å². The van der Waals surface area contributed by atoms with E-state index in [1.165, 1.54) is 6.92 Å². The molecule has 1 unspecified atom stereocenters. The molecule has 1 N–H and O–H groups in total. The Hall–Kier alpha value is -1.10. The molecule has 1 saturated carbocycles. The topological polar surface area (TPSA) is 64.6 Å². The quantitative estimate of drug-likeness (QED) is 0.733. The fourth-order valence-electron chi connectivity index (χ4n) is 2.91. The Kier molecular flexibility index (Phi) is 7.72. The molecule has 21 heavy (non-hydrogen) atoms. The van der Waals surface area contributed by atoms with Gasteiger partial charge >= 0.3 is 5.97 Å². The normalized spacial score (nSPS) is 25.7. The minimum Gasteiger partial charge on any atom is -0.466 e. The number of ether oxygens (including phenoxy) is 2. The van der Waals surface area contributed by atoms with E-state index in [2.05, 4.69) is 19.2 Å².